The average Bonchev–Trinajstić information content (AvgIpc) is 2.38. The first-order valence-electron chi connectivity index (χ1n) is 5.92. The second kappa shape index (κ2) is 5.83. The maximum atomic E-state index is 11.6. The van der Waals surface area contributed by atoms with Gasteiger partial charge < -0.3 is 10.2 Å². The summed E-state index contributed by atoms with van der Waals surface area (Å²) in [5.41, 5.74) is 1.11. The van der Waals surface area contributed by atoms with E-state index in [9.17, 15) is 4.79 Å². The van der Waals surface area contributed by atoms with Crippen molar-refractivity contribution in [2.24, 2.45) is 0 Å². The molecule has 0 atom stereocenters. The van der Waals surface area contributed by atoms with Gasteiger partial charge in [-0.1, -0.05) is 0 Å². The van der Waals surface area contributed by atoms with E-state index < -0.39 is 0 Å². The van der Waals surface area contributed by atoms with E-state index in [0.717, 1.165) is 11.5 Å². The van der Waals surface area contributed by atoms with E-state index in [4.69, 9.17) is 11.6 Å². The molecule has 0 saturated carbocycles. The van der Waals surface area contributed by atoms with Crippen molar-refractivity contribution in [3.05, 3.63) is 35.4 Å². The summed E-state index contributed by atoms with van der Waals surface area (Å²) in [6.07, 6.45) is 3.10. The predicted molar refractivity (Wildman–Crippen MR) is 78.9 cm³/mol. The molecule has 2 aromatic heterocycles. The number of pyridine rings is 1. The first-order chi connectivity index (χ1) is 9.49. The van der Waals surface area contributed by atoms with Crippen LogP contribution in [0.2, 0.25) is 5.28 Å². The highest BCUT2D eigenvalue weighted by atomic mass is 35.5. The van der Waals surface area contributed by atoms with Gasteiger partial charge in [0.1, 0.15) is 5.82 Å². The van der Waals surface area contributed by atoms with Gasteiger partial charge in [-0.05, 0) is 30.7 Å². The molecule has 0 aromatic carbocycles. The molecule has 0 saturated heterocycles. The van der Waals surface area contributed by atoms with E-state index in [1.54, 1.807) is 12.3 Å². The lowest BCUT2D eigenvalue weighted by Crippen LogP contribution is -2.13. The highest BCUT2D eigenvalue weighted by molar-refractivity contribution is 6.28. The van der Waals surface area contributed by atoms with E-state index in [1.807, 2.05) is 25.1 Å². The van der Waals surface area contributed by atoms with Crippen LogP contribution in [-0.4, -0.2) is 34.8 Å². The summed E-state index contributed by atoms with van der Waals surface area (Å²) in [6, 6.07) is 3.65. The minimum absolute atomic E-state index is 0.0767. The van der Waals surface area contributed by atoms with Crippen molar-refractivity contribution in [1.29, 1.82) is 0 Å². The number of nitrogens with zero attached hydrogens (tertiary/aromatic N) is 4. The van der Waals surface area contributed by atoms with Gasteiger partial charge in [-0.25, -0.2) is 9.97 Å². The van der Waals surface area contributed by atoms with Crippen molar-refractivity contribution >= 4 is 34.7 Å². The van der Waals surface area contributed by atoms with Crippen molar-refractivity contribution in [2.45, 2.75) is 6.92 Å². The van der Waals surface area contributed by atoms with Gasteiger partial charge in [-0.3, -0.25) is 4.79 Å². The molecule has 0 spiro atoms. The molecule has 0 radical (unpaired) electrons. The van der Waals surface area contributed by atoms with Crippen molar-refractivity contribution in [2.75, 3.05) is 24.3 Å². The number of halogens is 1. The lowest BCUT2D eigenvalue weighted by Gasteiger charge is -2.17. The third-order valence-corrected chi connectivity index (χ3v) is 2.78. The van der Waals surface area contributed by atoms with Crippen LogP contribution in [0.5, 0.6) is 0 Å². The largest absolute Gasteiger partial charge is 0.361 e. The lowest BCUT2D eigenvalue weighted by atomic mass is 10.2. The number of hydrogen-bond donors (Lipinski definition) is 1. The summed E-state index contributed by atoms with van der Waals surface area (Å²) in [7, 11) is 3.76. The summed E-state index contributed by atoms with van der Waals surface area (Å²) >= 11 is 5.79. The first-order valence-corrected chi connectivity index (χ1v) is 6.29. The Morgan fingerprint density at radius 3 is 2.75 bits per heavy atom. The van der Waals surface area contributed by atoms with E-state index in [-0.39, 0.29) is 11.1 Å². The maximum Gasteiger partial charge on any atom is 0.224 e. The Morgan fingerprint density at radius 1 is 1.35 bits per heavy atom. The van der Waals surface area contributed by atoms with Gasteiger partial charge in [0, 0.05) is 26.5 Å². The quantitative estimate of drug-likeness (QED) is 0.689. The number of nitrogens with one attached hydrogen (secondary N) is 1. The average molecular weight is 292 g/mol. The molecule has 20 heavy (non-hydrogen) atoms. The number of hydrogen-bond acceptors (Lipinski definition) is 6. The fourth-order valence-corrected chi connectivity index (χ4v) is 1.83. The van der Waals surface area contributed by atoms with E-state index in [0.29, 0.717) is 11.4 Å². The molecule has 0 aliphatic carbocycles. The van der Waals surface area contributed by atoms with Crippen LogP contribution in [0.3, 0.4) is 0 Å². The normalized spacial score (nSPS) is 10.2. The molecule has 6 nitrogen and oxygen atoms in total. The Morgan fingerprint density at radius 2 is 2.10 bits per heavy atom. The molecule has 0 amide bonds. The van der Waals surface area contributed by atoms with Crippen LogP contribution in [0.15, 0.2) is 24.5 Å². The van der Waals surface area contributed by atoms with Crippen molar-refractivity contribution in [3.8, 4) is 0 Å². The SMILES string of the molecule is CC(=O)c1cnc(Cl)nc1Nc1cccnc1N(C)C. The molecule has 0 aliphatic rings. The van der Waals surface area contributed by atoms with Gasteiger partial charge in [-0.15, -0.1) is 0 Å². The fourth-order valence-electron chi connectivity index (χ4n) is 1.69. The molecule has 1 N–H and O–H groups in total. The van der Waals surface area contributed by atoms with Gasteiger partial charge in [0.25, 0.3) is 0 Å². The highest BCUT2D eigenvalue weighted by Crippen LogP contribution is 2.26. The fraction of sp³-hybridized carbons (Fsp3) is 0.231. The Labute approximate surface area is 121 Å². The second-order valence-corrected chi connectivity index (χ2v) is 4.69. The maximum absolute atomic E-state index is 11.6. The van der Waals surface area contributed by atoms with Crippen molar-refractivity contribution in [1.82, 2.24) is 15.0 Å². The highest BCUT2D eigenvalue weighted by Gasteiger charge is 2.13. The molecule has 2 heterocycles. The van der Waals surface area contributed by atoms with Crippen LogP contribution in [0, 0.1) is 0 Å². The monoisotopic (exact) mass is 291 g/mol. The van der Waals surface area contributed by atoms with Crippen LogP contribution in [0.25, 0.3) is 0 Å². The molecule has 104 valence electrons. The van der Waals surface area contributed by atoms with Gasteiger partial charge in [0.15, 0.2) is 11.6 Å². The van der Waals surface area contributed by atoms with E-state index in [2.05, 4.69) is 20.3 Å². The molecule has 0 unspecified atom stereocenters. The zero-order chi connectivity index (χ0) is 14.7. The summed E-state index contributed by atoms with van der Waals surface area (Å²) in [4.78, 5) is 25.6. The second-order valence-electron chi connectivity index (χ2n) is 4.35. The number of anilines is 3. The Hall–Kier alpha value is -2.21. The number of carbonyl (C=O) groups excluding carboxylic acids is 1. The smallest absolute Gasteiger partial charge is 0.224 e. The van der Waals surface area contributed by atoms with Crippen LogP contribution >= 0.6 is 11.6 Å². The summed E-state index contributed by atoms with van der Waals surface area (Å²) in [5.74, 6) is 0.963. The number of carbonyl (C=O) groups is 1. The zero-order valence-electron chi connectivity index (χ0n) is 11.4. The minimum Gasteiger partial charge on any atom is -0.361 e. The third kappa shape index (κ3) is 3.03. The zero-order valence-corrected chi connectivity index (χ0v) is 12.1. The Bertz CT molecular complexity index is 644. The van der Waals surface area contributed by atoms with Crippen molar-refractivity contribution in [3.63, 3.8) is 0 Å². The number of ketones is 1. The number of Topliss-reactive ketones (excluding diaryl/α,β-unsaturated/α-hetero) is 1. The number of rotatable bonds is 4. The molecule has 0 bridgehead atoms. The van der Waals surface area contributed by atoms with Crippen LogP contribution in [0.1, 0.15) is 17.3 Å². The topological polar surface area (TPSA) is 71.0 Å². The molecule has 2 aromatic rings. The molecular weight excluding hydrogens is 278 g/mol. The third-order valence-electron chi connectivity index (χ3n) is 2.60. The van der Waals surface area contributed by atoms with Gasteiger partial charge in [-0.2, -0.15) is 4.98 Å². The summed E-state index contributed by atoms with van der Waals surface area (Å²) in [6.45, 7) is 1.45. The standard InChI is InChI=1S/C13H14ClN5O/c1-8(20)9-7-16-13(14)18-11(9)17-10-5-4-6-15-12(10)19(2)3/h4-7H,1-3H3,(H,16,17,18). The Balaban J connectivity index is 2.45. The molecule has 2 rings (SSSR count). The first kappa shape index (κ1) is 14.2. The van der Waals surface area contributed by atoms with E-state index >= 15 is 0 Å². The predicted octanol–water partition coefficient (Wildman–Crippen LogP) is 2.54. The molecule has 0 aliphatic heterocycles. The summed E-state index contributed by atoms with van der Waals surface area (Å²) < 4.78 is 0. The van der Waals surface area contributed by atoms with Gasteiger partial charge in [0.05, 0.1) is 11.3 Å². The summed E-state index contributed by atoms with van der Waals surface area (Å²) in [5, 5.41) is 3.16. The molecular formula is C13H14ClN5O. The van der Waals surface area contributed by atoms with Gasteiger partial charge >= 0.3 is 0 Å². The van der Waals surface area contributed by atoms with E-state index in [1.165, 1.54) is 13.1 Å². The number of aromatic nitrogens is 3. The lowest BCUT2D eigenvalue weighted by molar-refractivity contribution is 0.101. The molecule has 0 fully saturated rings. The molecule has 7 heteroatoms. The van der Waals surface area contributed by atoms with Crippen LogP contribution in [-0.2, 0) is 0 Å². The minimum atomic E-state index is -0.139. The van der Waals surface area contributed by atoms with Crippen LogP contribution < -0.4 is 10.2 Å². The van der Waals surface area contributed by atoms with Crippen LogP contribution in [0.4, 0.5) is 17.3 Å². The van der Waals surface area contributed by atoms with Crippen molar-refractivity contribution < 1.29 is 4.79 Å². The van der Waals surface area contributed by atoms with Gasteiger partial charge in [0.2, 0.25) is 5.28 Å². The Kier molecular flexibility index (Phi) is 4.14.